The summed E-state index contributed by atoms with van der Waals surface area (Å²) in [5.41, 5.74) is 1.41. The lowest BCUT2D eigenvalue weighted by Crippen LogP contribution is -2.44. The monoisotopic (exact) mass is 294 g/mol. The van der Waals surface area contributed by atoms with E-state index < -0.39 is 13.9 Å². The normalized spacial score (nSPS) is 12.9. The van der Waals surface area contributed by atoms with Crippen LogP contribution in [0.1, 0.15) is 24.2 Å². The topological polar surface area (TPSA) is 52.1 Å². The molecule has 0 saturated heterocycles. The molecule has 4 nitrogen and oxygen atoms in total. The van der Waals surface area contributed by atoms with E-state index >= 15 is 0 Å². The molecule has 0 unspecified atom stereocenters. The van der Waals surface area contributed by atoms with Gasteiger partial charge in [0.2, 0.25) is 0 Å². The Labute approximate surface area is 118 Å². The van der Waals surface area contributed by atoms with Crippen molar-refractivity contribution in [3.63, 3.8) is 0 Å². The van der Waals surface area contributed by atoms with Gasteiger partial charge in [0.25, 0.3) is 0 Å². The number of hydrogen-bond donors (Lipinski definition) is 0. The third kappa shape index (κ3) is 3.26. The zero-order valence-electron chi connectivity index (χ0n) is 11.9. The standard InChI is InChI=1S/C13H18N2O2SSi/c1-13(2,17-19(3,4)5)12(16)9-6-7-10-11(8-9)15-18-14-10/h6-8H,1-5H3. The van der Waals surface area contributed by atoms with E-state index in [0.29, 0.717) is 5.56 Å². The van der Waals surface area contributed by atoms with Gasteiger partial charge >= 0.3 is 0 Å². The van der Waals surface area contributed by atoms with Crippen LogP contribution in [-0.4, -0.2) is 28.4 Å². The van der Waals surface area contributed by atoms with Crippen LogP contribution >= 0.6 is 11.7 Å². The smallest absolute Gasteiger partial charge is 0.192 e. The molecule has 19 heavy (non-hydrogen) atoms. The SMILES string of the molecule is CC(C)(O[Si](C)(C)C)C(=O)c1ccc2nsnc2c1. The first-order valence-electron chi connectivity index (χ1n) is 6.16. The van der Waals surface area contributed by atoms with Gasteiger partial charge in [-0.2, -0.15) is 8.75 Å². The van der Waals surface area contributed by atoms with Gasteiger partial charge in [-0.25, -0.2) is 0 Å². The summed E-state index contributed by atoms with van der Waals surface area (Å²) in [5, 5.41) is 0. The quantitative estimate of drug-likeness (QED) is 0.639. The van der Waals surface area contributed by atoms with E-state index in [-0.39, 0.29) is 5.78 Å². The lowest BCUT2D eigenvalue weighted by atomic mass is 9.97. The maximum atomic E-state index is 12.6. The molecule has 0 spiro atoms. The maximum absolute atomic E-state index is 12.6. The van der Waals surface area contributed by atoms with E-state index in [1.807, 2.05) is 19.9 Å². The summed E-state index contributed by atoms with van der Waals surface area (Å²) < 4.78 is 14.3. The second-order valence-electron chi connectivity index (χ2n) is 6.02. The Morgan fingerprint density at radius 1 is 1.21 bits per heavy atom. The number of carbonyl (C=O) groups is 1. The first-order valence-corrected chi connectivity index (χ1v) is 10.3. The molecule has 0 bridgehead atoms. The molecule has 6 heteroatoms. The third-order valence-corrected chi connectivity index (χ3v) is 4.30. The Balaban J connectivity index is 2.32. The van der Waals surface area contributed by atoms with Crippen LogP contribution in [0, 0.1) is 0 Å². The van der Waals surface area contributed by atoms with E-state index in [1.165, 1.54) is 0 Å². The van der Waals surface area contributed by atoms with Crippen LogP contribution in [-0.2, 0) is 4.43 Å². The molecule has 0 aliphatic rings. The van der Waals surface area contributed by atoms with Crippen molar-refractivity contribution in [1.29, 1.82) is 0 Å². The average molecular weight is 294 g/mol. The number of fused-ring (bicyclic) bond motifs is 1. The first kappa shape index (κ1) is 14.3. The molecule has 2 rings (SSSR count). The van der Waals surface area contributed by atoms with E-state index in [1.54, 1.807) is 12.1 Å². The minimum atomic E-state index is -1.78. The van der Waals surface area contributed by atoms with Gasteiger partial charge in [-0.15, -0.1) is 0 Å². The van der Waals surface area contributed by atoms with Crippen molar-refractivity contribution in [2.75, 3.05) is 0 Å². The fraction of sp³-hybridized carbons (Fsp3) is 0.462. The summed E-state index contributed by atoms with van der Waals surface area (Å²) in [5.74, 6) is -0.00942. The fourth-order valence-corrected chi connectivity index (χ4v) is 4.22. The zero-order valence-corrected chi connectivity index (χ0v) is 13.7. The summed E-state index contributed by atoms with van der Waals surface area (Å²) in [6.45, 7) is 9.90. The van der Waals surface area contributed by atoms with Crippen molar-refractivity contribution < 1.29 is 9.22 Å². The molecule has 0 saturated carbocycles. The lowest BCUT2D eigenvalue weighted by molar-refractivity contribution is 0.0558. The minimum Gasteiger partial charge on any atom is -0.405 e. The number of aromatic nitrogens is 2. The fourth-order valence-electron chi connectivity index (χ4n) is 2.08. The van der Waals surface area contributed by atoms with Gasteiger partial charge in [-0.1, -0.05) is 0 Å². The van der Waals surface area contributed by atoms with Gasteiger partial charge in [-0.05, 0) is 51.7 Å². The number of ketones is 1. The van der Waals surface area contributed by atoms with Crippen molar-refractivity contribution in [2.24, 2.45) is 0 Å². The van der Waals surface area contributed by atoms with Crippen molar-refractivity contribution >= 4 is 36.9 Å². The molecule has 1 aromatic heterocycles. The lowest BCUT2D eigenvalue weighted by Gasteiger charge is -2.31. The van der Waals surface area contributed by atoms with Gasteiger partial charge in [0.15, 0.2) is 14.1 Å². The van der Waals surface area contributed by atoms with Crippen LogP contribution in [0.5, 0.6) is 0 Å². The second kappa shape index (κ2) is 4.77. The van der Waals surface area contributed by atoms with Crippen molar-refractivity contribution in [3.8, 4) is 0 Å². The molecule has 0 fully saturated rings. The molecule has 0 aliphatic carbocycles. The van der Waals surface area contributed by atoms with Gasteiger partial charge in [-0.3, -0.25) is 4.79 Å². The molecule has 0 atom stereocenters. The van der Waals surface area contributed by atoms with Crippen LogP contribution in [0.3, 0.4) is 0 Å². The van der Waals surface area contributed by atoms with Crippen molar-refractivity contribution in [3.05, 3.63) is 23.8 Å². The molecule has 2 aromatic rings. The largest absolute Gasteiger partial charge is 0.405 e. The Morgan fingerprint density at radius 2 is 1.84 bits per heavy atom. The molecule has 0 radical (unpaired) electrons. The van der Waals surface area contributed by atoms with Gasteiger partial charge in [0.1, 0.15) is 16.6 Å². The molecule has 1 heterocycles. The number of nitrogens with zero attached hydrogens (tertiary/aromatic N) is 2. The van der Waals surface area contributed by atoms with E-state index in [2.05, 4.69) is 28.4 Å². The first-order chi connectivity index (χ1) is 8.69. The van der Waals surface area contributed by atoms with Crippen LogP contribution in [0.15, 0.2) is 18.2 Å². The number of Topliss-reactive ketones (excluding diaryl/α,β-unsaturated/α-hetero) is 1. The molecule has 0 amide bonds. The molecule has 102 valence electrons. The zero-order chi connectivity index (χ0) is 14.3. The van der Waals surface area contributed by atoms with Crippen molar-refractivity contribution in [1.82, 2.24) is 8.75 Å². The predicted molar refractivity (Wildman–Crippen MR) is 80.3 cm³/mol. The summed E-state index contributed by atoms with van der Waals surface area (Å²) in [6, 6.07) is 5.41. The molecule has 0 N–H and O–H groups in total. The summed E-state index contributed by atoms with van der Waals surface area (Å²) in [7, 11) is -1.78. The Kier molecular flexibility index (Phi) is 3.59. The number of carbonyl (C=O) groups excluding carboxylic acids is 1. The van der Waals surface area contributed by atoms with E-state index in [4.69, 9.17) is 4.43 Å². The van der Waals surface area contributed by atoms with Gasteiger partial charge in [0.05, 0.1) is 11.7 Å². The van der Waals surface area contributed by atoms with Gasteiger partial charge in [0, 0.05) is 5.56 Å². The maximum Gasteiger partial charge on any atom is 0.192 e. The highest BCUT2D eigenvalue weighted by Gasteiger charge is 2.34. The number of hydrogen-bond acceptors (Lipinski definition) is 5. The molecule has 1 aromatic carbocycles. The Morgan fingerprint density at radius 3 is 2.47 bits per heavy atom. The van der Waals surface area contributed by atoms with E-state index in [0.717, 1.165) is 22.8 Å². The predicted octanol–water partition coefficient (Wildman–Crippen LogP) is 3.50. The summed E-state index contributed by atoms with van der Waals surface area (Å²) in [6.07, 6.45) is 0. The molecule has 0 aliphatic heterocycles. The highest BCUT2D eigenvalue weighted by atomic mass is 32.1. The number of benzene rings is 1. The van der Waals surface area contributed by atoms with E-state index in [9.17, 15) is 4.79 Å². The highest BCUT2D eigenvalue weighted by molar-refractivity contribution is 7.00. The van der Waals surface area contributed by atoms with Crippen LogP contribution < -0.4 is 0 Å². The van der Waals surface area contributed by atoms with Crippen molar-refractivity contribution in [2.45, 2.75) is 39.1 Å². The van der Waals surface area contributed by atoms with Crippen LogP contribution in [0.2, 0.25) is 19.6 Å². The third-order valence-electron chi connectivity index (χ3n) is 2.62. The van der Waals surface area contributed by atoms with Gasteiger partial charge < -0.3 is 4.43 Å². The average Bonchev–Trinajstić information content (AvgIpc) is 2.71. The minimum absolute atomic E-state index is 0.00942. The molecular weight excluding hydrogens is 276 g/mol. The molecular formula is C13H18N2O2SSi. The second-order valence-corrected chi connectivity index (χ2v) is 11.0. The Hall–Kier alpha value is -1.11. The summed E-state index contributed by atoms with van der Waals surface area (Å²) >= 11 is 1.16. The highest BCUT2D eigenvalue weighted by Crippen LogP contribution is 2.24. The van der Waals surface area contributed by atoms with Crippen LogP contribution in [0.25, 0.3) is 11.0 Å². The van der Waals surface area contributed by atoms with Crippen LogP contribution in [0.4, 0.5) is 0 Å². The number of rotatable bonds is 4. The Bertz CT molecular complexity index is 616. The summed E-state index contributed by atoms with van der Waals surface area (Å²) in [4.78, 5) is 12.6.